The zero-order valence-electron chi connectivity index (χ0n) is 33.7. The van der Waals surface area contributed by atoms with Gasteiger partial charge in [0.1, 0.15) is 0 Å². The van der Waals surface area contributed by atoms with E-state index in [1.165, 1.54) is 60.3 Å². The van der Waals surface area contributed by atoms with Crippen molar-refractivity contribution in [2.75, 3.05) is 0 Å². The summed E-state index contributed by atoms with van der Waals surface area (Å²) >= 11 is 0. The molecule has 8 rings (SSSR count). The topological polar surface area (TPSA) is 25.8 Å². The summed E-state index contributed by atoms with van der Waals surface area (Å²) in [5.41, 5.74) is 7.75. The van der Waals surface area contributed by atoms with Crippen LogP contribution in [0.5, 0.6) is 0 Å². The van der Waals surface area contributed by atoms with Gasteiger partial charge in [0.05, 0.1) is 13.8 Å². The van der Waals surface area contributed by atoms with Crippen molar-refractivity contribution in [2.45, 2.75) is 46.3 Å². The van der Waals surface area contributed by atoms with Crippen LogP contribution in [0, 0.1) is 20.3 Å². The van der Waals surface area contributed by atoms with Crippen LogP contribution in [0.2, 0.25) is 19.6 Å². The number of nitrogens with zero attached hydrogens (tertiary/aromatic N) is 2. The van der Waals surface area contributed by atoms with Gasteiger partial charge in [-0.15, -0.1) is 23.8 Å². The van der Waals surface area contributed by atoms with E-state index in [1.54, 1.807) is 6.07 Å². The van der Waals surface area contributed by atoms with E-state index >= 15 is 0 Å². The Labute approximate surface area is 328 Å². The first-order chi connectivity index (χ1) is 25.4. The van der Waals surface area contributed by atoms with Crippen molar-refractivity contribution in [1.29, 1.82) is 0 Å². The van der Waals surface area contributed by atoms with Gasteiger partial charge in [-0.1, -0.05) is 159 Å². The molecule has 0 aliphatic rings. The van der Waals surface area contributed by atoms with Crippen molar-refractivity contribution < 1.29 is 24.2 Å². The van der Waals surface area contributed by atoms with Crippen LogP contribution in [-0.4, -0.2) is 18.0 Å². The van der Waals surface area contributed by atoms with Crippen LogP contribution >= 0.6 is 0 Å². The van der Waals surface area contributed by atoms with E-state index in [-0.39, 0.29) is 33.2 Å². The van der Waals surface area contributed by atoms with Gasteiger partial charge < -0.3 is 12.4 Å². The SMILES string of the molecule is CC(C)c1ccccc1-c1ccc2c3c[c-]c(-c4ccc([Si](C)(C)C)cn4)cc3c3ccccc3c2c1.[2H]C([2H])([2H])c1cccc(-c2ccccc2)n1.[CH3-].[Ir]. The van der Waals surface area contributed by atoms with Crippen LogP contribution in [0.25, 0.3) is 66.0 Å². The Hall–Kier alpha value is -4.73. The summed E-state index contributed by atoms with van der Waals surface area (Å²) in [6.45, 7) is 9.46. The predicted octanol–water partition coefficient (Wildman–Crippen LogP) is 12.8. The minimum atomic E-state index is -2.15. The first-order valence-corrected chi connectivity index (χ1v) is 20.8. The summed E-state index contributed by atoms with van der Waals surface area (Å²) in [6.07, 6.45) is 2.06. The van der Waals surface area contributed by atoms with Crippen LogP contribution in [0.1, 0.15) is 35.1 Å². The number of aryl methyl sites for hydroxylation is 1. The van der Waals surface area contributed by atoms with E-state index < -0.39 is 14.9 Å². The van der Waals surface area contributed by atoms with E-state index in [9.17, 15) is 0 Å². The molecule has 0 fully saturated rings. The van der Waals surface area contributed by atoms with Gasteiger partial charge in [0, 0.05) is 41.7 Å². The molecule has 6 aromatic carbocycles. The molecule has 0 bridgehead atoms. The quantitative estimate of drug-likeness (QED) is 0.0978. The number of rotatable bonds is 5. The van der Waals surface area contributed by atoms with E-state index in [4.69, 9.17) is 9.10 Å². The molecule has 2 nitrogen and oxygen atoms in total. The molecular weight excluding hydrogens is 825 g/mol. The molecule has 1 radical (unpaired) electrons. The van der Waals surface area contributed by atoms with Crippen LogP contribution in [0.3, 0.4) is 0 Å². The predicted molar refractivity (Wildman–Crippen MR) is 224 cm³/mol. The maximum Gasteiger partial charge on any atom is 0.0795 e. The van der Waals surface area contributed by atoms with Crippen molar-refractivity contribution in [3.05, 3.63) is 170 Å². The maximum absolute atomic E-state index is 7.30. The second-order valence-electron chi connectivity index (χ2n) is 14.2. The van der Waals surface area contributed by atoms with Gasteiger partial charge in [0.25, 0.3) is 0 Å². The molecule has 0 unspecified atom stereocenters. The summed E-state index contributed by atoms with van der Waals surface area (Å²) in [5, 5.41) is 8.98. The molecule has 0 saturated carbocycles. The van der Waals surface area contributed by atoms with E-state index in [0.717, 1.165) is 16.8 Å². The van der Waals surface area contributed by atoms with Crippen LogP contribution < -0.4 is 5.19 Å². The Morgan fingerprint density at radius 1 is 0.615 bits per heavy atom. The second-order valence-corrected chi connectivity index (χ2v) is 19.3. The molecule has 2 aromatic heterocycles. The Morgan fingerprint density at radius 3 is 1.96 bits per heavy atom. The minimum absolute atomic E-state index is 0. The molecule has 263 valence electrons. The molecule has 2 heterocycles. The minimum Gasteiger partial charge on any atom is -0.358 e. The number of aromatic nitrogens is 2. The third kappa shape index (κ3) is 8.00. The molecule has 8 aromatic rings. The molecule has 4 heteroatoms. The average Bonchev–Trinajstić information content (AvgIpc) is 3.17. The summed E-state index contributed by atoms with van der Waals surface area (Å²) in [4.78, 5) is 8.99. The summed E-state index contributed by atoms with van der Waals surface area (Å²) in [5.74, 6) is 0.474. The van der Waals surface area contributed by atoms with Crippen molar-refractivity contribution in [1.82, 2.24) is 9.97 Å². The van der Waals surface area contributed by atoms with Crippen LogP contribution in [0.15, 0.2) is 146 Å². The fourth-order valence-electron chi connectivity index (χ4n) is 6.67. The molecule has 0 saturated heterocycles. The smallest absolute Gasteiger partial charge is 0.0795 e. The number of pyridine rings is 2. The van der Waals surface area contributed by atoms with Crippen LogP contribution in [0.4, 0.5) is 0 Å². The van der Waals surface area contributed by atoms with E-state index in [2.05, 4.69) is 142 Å². The maximum atomic E-state index is 7.30. The number of benzene rings is 6. The molecule has 0 N–H and O–H groups in total. The van der Waals surface area contributed by atoms with Crippen LogP contribution in [-0.2, 0) is 20.1 Å². The van der Waals surface area contributed by atoms with Gasteiger partial charge in [-0.2, -0.15) is 0 Å². The Bertz CT molecular complexity index is 2540. The van der Waals surface area contributed by atoms with Crippen molar-refractivity contribution in [2.24, 2.45) is 0 Å². The first-order valence-electron chi connectivity index (χ1n) is 18.8. The zero-order valence-corrected chi connectivity index (χ0v) is 34.1. The standard InChI is InChI=1S/C35H32NSi.C12H11N.CH3.Ir/c1-23(2)27-10-6-7-11-28(27)24-14-17-31-32-18-15-25(35-19-16-26(22-36-35)37(3,4)5)21-34(32)30-13-9-8-12-29(30)33(31)20-24;1-10-6-5-9-12(13-10)11-7-3-2-4-8-11;;/h6-14,16-23H,1-5H3;2-9H,1H3;1H3;/q-1;;-1;/i;1D3;;. The van der Waals surface area contributed by atoms with Gasteiger partial charge in [0.15, 0.2) is 0 Å². The molecule has 0 spiro atoms. The number of hydrogen-bond donors (Lipinski definition) is 0. The fourth-order valence-corrected chi connectivity index (χ4v) is 7.71. The molecular formula is C48H46IrN2Si-2. The Kier molecular flexibility index (Phi) is 10.8. The molecule has 0 atom stereocenters. The van der Waals surface area contributed by atoms with Gasteiger partial charge in [-0.3, -0.25) is 4.98 Å². The molecule has 0 aliphatic carbocycles. The van der Waals surface area contributed by atoms with Gasteiger partial charge >= 0.3 is 0 Å². The third-order valence-corrected chi connectivity index (χ3v) is 11.4. The number of hydrogen-bond acceptors (Lipinski definition) is 2. The first kappa shape index (κ1) is 34.4. The largest absolute Gasteiger partial charge is 0.358 e. The fraction of sp³-hybridized carbons (Fsp3) is 0.146. The Balaban J connectivity index is 0.000000272. The Morgan fingerprint density at radius 2 is 1.29 bits per heavy atom. The normalized spacial score (nSPS) is 12.2. The van der Waals surface area contributed by atoms with Crippen molar-refractivity contribution in [3.63, 3.8) is 0 Å². The zero-order chi connectivity index (χ0) is 37.3. The molecule has 52 heavy (non-hydrogen) atoms. The van der Waals surface area contributed by atoms with E-state index in [1.807, 2.05) is 36.4 Å². The molecule has 0 aliphatic heterocycles. The van der Waals surface area contributed by atoms with Crippen molar-refractivity contribution in [3.8, 4) is 33.6 Å². The summed E-state index contributed by atoms with van der Waals surface area (Å²) < 4.78 is 21.9. The van der Waals surface area contributed by atoms with Gasteiger partial charge in [-0.05, 0) is 74.7 Å². The van der Waals surface area contributed by atoms with Gasteiger partial charge in [-0.25, -0.2) is 0 Å². The summed E-state index contributed by atoms with van der Waals surface area (Å²) in [6, 6.07) is 51.5. The second kappa shape index (κ2) is 16.3. The monoisotopic (exact) mass is 874 g/mol. The average molecular weight is 874 g/mol. The van der Waals surface area contributed by atoms with Gasteiger partial charge in [0.2, 0.25) is 0 Å². The van der Waals surface area contributed by atoms with Crippen molar-refractivity contribution >= 4 is 45.6 Å². The number of fused-ring (bicyclic) bond motifs is 6. The molecule has 0 amide bonds. The van der Waals surface area contributed by atoms with E-state index in [0.29, 0.717) is 11.6 Å². The summed E-state index contributed by atoms with van der Waals surface area (Å²) in [7, 11) is -1.38. The third-order valence-electron chi connectivity index (χ3n) is 9.39.